The summed E-state index contributed by atoms with van der Waals surface area (Å²) in [5.41, 5.74) is 2.01. The van der Waals surface area contributed by atoms with Gasteiger partial charge in [0, 0.05) is 25.3 Å². The molecular formula is C34H49NO4. The summed E-state index contributed by atoms with van der Waals surface area (Å²) in [5, 5.41) is 12.6. The van der Waals surface area contributed by atoms with E-state index in [9.17, 15) is 14.7 Å². The number of hydrogen-bond acceptors (Lipinski definition) is 4. The molecule has 1 amide bonds. The highest BCUT2D eigenvalue weighted by Gasteiger charge is 2.17. The molecule has 0 aliphatic rings. The van der Waals surface area contributed by atoms with E-state index in [4.69, 9.17) is 4.74 Å². The minimum Gasteiger partial charge on any atom is -0.504 e. The second kappa shape index (κ2) is 19.9. The van der Waals surface area contributed by atoms with E-state index in [1.165, 1.54) is 26.4 Å². The highest BCUT2D eigenvalue weighted by Crippen LogP contribution is 2.26. The fourth-order valence-electron chi connectivity index (χ4n) is 4.75. The summed E-state index contributed by atoms with van der Waals surface area (Å²) in [6.45, 7) is 2.65. The molecule has 2 N–H and O–H groups in total. The molecule has 214 valence electrons. The predicted molar refractivity (Wildman–Crippen MR) is 160 cm³/mol. The van der Waals surface area contributed by atoms with E-state index in [-0.39, 0.29) is 17.6 Å². The first-order valence-corrected chi connectivity index (χ1v) is 14.9. The Labute approximate surface area is 236 Å². The fourth-order valence-corrected chi connectivity index (χ4v) is 4.75. The van der Waals surface area contributed by atoms with E-state index >= 15 is 0 Å². The molecule has 0 spiro atoms. The number of ether oxygens (including phenoxy) is 1. The van der Waals surface area contributed by atoms with Crippen LogP contribution in [0.25, 0.3) is 0 Å². The summed E-state index contributed by atoms with van der Waals surface area (Å²) in [6.07, 6.45) is 18.6. The average molecular weight is 536 g/mol. The molecule has 2 rings (SSSR count). The third-order valence-corrected chi connectivity index (χ3v) is 7.18. The van der Waals surface area contributed by atoms with Crippen LogP contribution in [0.3, 0.4) is 0 Å². The molecule has 0 aliphatic carbocycles. The van der Waals surface area contributed by atoms with Crippen molar-refractivity contribution in [2.75, 3.05) is 7.11 Å². The van der Waals surface area contributed by atoms with Crippen molar-refractivity contribution in [2.24, 2.45) is 5.92 Å². The van der Waals surface area contributed by atoms with Crippen LogP contribution in [0.5, 0.6) is 11.5 Å². The van der Waals surface area contributed by atoms with Crippen molar-refractivity contribution in [2.45, 2.75) is 103 Å². The number of Topliss-reactive ketones (excluding diaryl/α,β-unsaturated/α-hetero) is 1. The van der Waals surface area contributed by atoms with Gasteiger partial charge in [0.2, 0.25) is 5.91 Å². The third-order valence-electron chi connectivity index (χ3n) is 7.18. The third kappa shape index (κ3) is 14.0. The van der Waals surface area contributed by atoms with Crippen LogP contribution in [0.4, 0.5) is 0 Å². The zero-order valence-electron chi connectivity index (χ0n) is 24.1. The van der Waals surface area contributed by atoms with E-state index in [0.717, 1.165) is 68.9 Å². The zero-order valence-corrected chi connectivity index (χ0v) is 24.1. The summed E-state index contributed by atoms with van der Waals surface area (Å²) in [7, 11) is 1.51. The van der Waals surface area contributed by atoms with Crippen LogP contribution in [0.2, 0.25) is 0 Å². The minimum atomic E-state index is 0.0519. The molecule has 0 bridgehead atoms. The minimum absolute atomic E-state index is 0.0519. The van der Waals surface area contributed by atoms with E-state index < -0.39 is 0 Å². The van der Waals surface area contributed by atoms with Gasteiger partial charge in [0.15, 0.2) is 11.5 Å². The summed E-state index contributed by atoms with van der Waals surface area (Å²) in [5.74, 6) is 1.06. The number of rotatable bonds is 21. The summed E-state index contributed by atoms with van der Waals surface area (Å²) in [4.78, 5) is 25.1. The van der Waals surface area contributed by atoms with Crippen molar-refractivity contribution in [3.05, 3.63) is 71.8 Å². The number of phenols is 1. The predicted octanol–water partition coefficient (Wildman–Crippen LogP) is 8.09. The van der Waals surface area contributed by atoms with Crippen LogP contribution in [0.1, 0.15) is 102 Å². The number of nitrogens with one attached hydrogen (secondary N) is 1. The smallest absolute Gasteiger partial charge is 0.220 e. The molecule has 0 aromatic heterocycles. The standard InChI is InChI=1S/C34H49NO4/c1-3-4-5-15-20-30(32(37)25-28-18-13-12-14-19-28)21-16-10-8-6-7-9-11-17-22-34(38)35-27-29-23-24-31(36)33(26-29)39-2/h10,12-14,16,18-19,23-24,26,30,36H,3-9,11,15,17,20-22,25,27H2,1-2H3,(H,35,38)/b16-10-/t30-/m1/s1. The van der Waals surface area contributed by atoms with Crippen molar-refractivity contribution in [1.29, 1.82) is 0 Å². The second-order valence-electron chi connectivity index (χ2n) is 10.5. The first kappa shape index (κ1) is 32.1. The van der Waals surface area contributed by atoms with Crippen LogP contribution in [-0.4, -0.2) is 23.9 Å². The Morgan fingerprint density at radius 1 is 0.897 bits per heavy atom. The van der Waals surface area contributed by atoms with Crippen molar-refractivity contribution >= 4 is 11.7 Å². The van der Waals surface area contributed by atoms with Crippen molar-refractivity contribution in [3.63, 3.8) is 0 Å². The Hall–Kier alpha value is -3.08. The molecule has 0 aliphatic heterocycles. The van der Waals surface area contributed by atoms with Gasteiger partial charge in [-0.2, -0.15) is 0 Å². The molecule has 0 saturated heterocycles. The molecule has 0 radical (unpaired) electrons. The van der Waals surface area contributed by atoms with E-state index in [1.54, 1.807) is 18.2 Å². The molecule has 39 heavy (non-hydrogen) atoms. The number of benzene rings is 2. The number of hydrogen-bond donors (Lipinski definition) is 2. The van der Waals surface area contributed by atoms with Gasteiger partial charge in [-0.3, -0.25) is 9.59 Å². The molecule has 0 unspecified atom stereocenters. The van der Waals surface area contributed by atoms with Gasteiger partial charge in [-0.25, -0.2) is 0 Å². The van der Waals surface area contributed by atoms with Crippen molar-refractivity contribution < 1.29 is 19.4 Å². The number of unbranched alkanes of at least 4 members (excludes halogenated alkanes) is 8. The van der Waals surface area contributed by atoms with Crippen LogP contribution in [0, 0.1) is 5.92 Å². The van der Waals surface area contributed by atoms with Gasteiger partial charge in [-0.05, 0) is 55.4 Å². The second-order valence-corrected chi connectivity index (χ2v) is 10.5. The number of carbonyl (C=O) groups excluding carboxylic acids is 2. The first-order valence-electron chi connectivity index (χ1n) is 14.9. The van der Waals surface area contributed by atoms with Crippen LogP contribution < -0.4 is 10.1 Å². The normalized spacial score (nSPS) is 11.9. The Morgan fingerprint density at radius 2 is 1.64 bits per heavy atom. The summed E-state index contributed by atoms with van der Waals surface area (Å²) in [6, 6.07) is 15.2. The molecule has 2 aromatic carbocycles. The highest BCUT2D eigenvalue weighted by molar-refractivity contribution is 5.83. The SMILES string of the molecule is CCCCCC[C@H](C/C=C\CCCCCCCC(=O)NCc1ccc(O)c(OC)c1)C(=O)Cc1ccccc1. The maximum atomic E-state index is 13.0. The van der Waals surface area contributed by atoms with Gasteiger partial charge in [0.1, 0.15) is 5.78 Å². The molecular weight excluding hydrogens is 486 g/mol. The number of methoxy groups -OCH3 is 1. The quantitative estimate of drug-likeness (QED) is 0.125. The van der Waals surface area contributed by atoms with E-state index in [0.29, 0.717) is 30.9 Å². The highest BCUT2D eigenvalue weighted by atomic mass is 16.5. The lowest BCUT2D eigenvalue weighted by molar-refractivity contribution is -0.122. The van der Waals surface area contributed by atoms with Crippen molar-refractivity contribution in [1.82, 2.24) is 5.32 Å². The van der Waals surface area contributed by atoms with Gasteiger partial charge in [0.25, 0.3) is 0 Å². The molecule has 5 nitrogen and oxygen atoms in total. The first-order chi connectivity index (χ1) is 19.0. The number of amides is 1. The number of phenolic OH excluding ortho intramolecular Hbond substituents is 1. The maximum Gasteiger partial charge on any atom is 0.220 e. The van der Waals surface area contributed by atoms with Gasteiger partial charge in [-0.15, -0.1) is 0 Å². The monoisotopic (exact) mass is 535 g/mol. The molecule has 0 heterocycles. The number of aromatic hydroxyl groups is 1. The summed E-state index contributed by atoms with van der Waals surface area (Å²) >= 11 is 0. The lowest BCUT2D eigenvalue weighted by Crippen LogP contribution is -2.22. The Kier molecular flexibility index (Phi) is 16.4. The van der Waals surface area contributed by atoms with Gasteiger partial charge in [-0.1, -0.05) is 100 Å². The van der Waals surface area contributed by atoms with Crippen LogP contribution in [-0.2, 0) is 22.6 Å². The number of ketones is 1. The molecule has 2 aromatic rings. The lowest BCUT2D eigenvalue weighted by atomic mass is 9.89. The summed E-state index contributed by atoms with van der Waals surface area (Å²) < 4.78 is 5.11. The molecule has 5 heteroatoms. The van der Waals surface area contributed by atoms with Gasteiger partial charge < -0.3 is 15.2 Å². The number of carbonyl (C=O) groups is 2. The van der Waals surface area contributed by atoms with Crippen LogP contribution >= 0.6 is 0 Å². The van der Waals surface area contributed by atoms with Gasteiger partial charge in [0.05, 0.1) is 7.11 Å². The zero-order chi connectivity index (χ0) is 28.1. The molecule has 1 atom stereocenters. The Balaban J connectivity index is 1.57. The maximum absolute atomic E-state index is 13.0. The fraction of sp³-hybridized carbons (Fsp3) is 0.529. The molecule has 0 saturated carbocycles. The Bertz CT molecular complexity index is 986. The average Bonchev–Trinajstić information content (AvgIpc) is 2.95. The van der Waals surface area contributed by atoms with Crippen molar-refractivity contribution in [3.8, 4) is 11.5 Å². The lowest BCUT2D eigenvalue weighted by Gasteiger charge is -2.14. The van der Waals surface area contributed by atoms with Gasteiger partial charge >= 0.3 is 0 Å². The largest absolute Gasteiger partial charge is 0.504 e. The number of allylic oxidation sites excluding steroid dienone is 2. The van der Waals surface area contributed by atoms with Crippen LogP contribution in [0.15, 0.2) is 60.7 Å². The topological polar surface area (TPSA) is 75.6 Å². The molecule has 0 fully saturated rings. The van der Waals surface area contributed by atoms with E-state index in [2.05, 4.69) is 24.4 Å². The Morgan fingerprint density at radius 3 is 2.41 bits per heavy atom. The van der Waals surface area contributed by atoms with E-state index in [1.807, 2.05) is 30.3 Å².